The van der Waals surface area contributed by atoms with Gasteiger partial charge in [-0.3, -0.25) is 9.59 Å². The summed E-state index contributed by atoms with van der Waals surface area (Å²) in [5.74, 6) is -0.634. The van der Waals surface area contributed by atoms with E-state index in [1.54, 1.807) is 18.2 Å². The maximum atomic E-state index is 13.0. The quantitative estimate of drug-likeness (QED) is 0.853. The van der Waals surface area contributed by atoms with Gasteiger partial charge in [-0.1, -0.05) is 18.2 Å². The number of benzene rings is 2. The minimum Gasteiger partial charge on any atom is -0.380 e. The summed E-state index contributed by atoms with van der Waals surface area (Å²) < 4.78 is 44.3. The third-order valence-electron chi connectivity index (χ3n) is 5.19. The highest BCUT2D eigenvalue weighted by Gasteiger charge is 2.43. The summed E-state index contributed by atoms with van der Waals surface area (Å²) >= 11 is 0. The van der Waals surface area contributed by atoms with Crippen LogP contribution in [0.5, 0.6) is 0 Å². The number of carbonyl (C=O) groups excluding carboxylic acids is 2. The van der Waals surface area contributed by atoms with Crippen molar-refractivity contribution in [2.45, 2.75) is 24.7 Å². The molecule has 4 rings (SSSR count). The van der Waals surface area contributed by atoms with E-state index >= 15 is 0 Å². The highest BCUT2D eigenvalue weighted by atomic mass is 19.4. The summed E-state index contributed by atoms with van der Waals surface area (Å²) in [6.07, 6.45) is -4.28. The molecular weight excluding hydrogens is 373 g/mol. The second kappa shape index (κ2) is 6.63. The molecule has 0 aliphatic carbocycles. The molecule has 1 saturated heterocycles. The molecule has 0 saturated carbocycles. The van der Waals surface area contributed by atoms with Crippen LogP contribution >= 0.6 is 0 Å². The van der Waals surface area contributed by atoms with Crippen LogP contribution in [0, 0.1) is 0 Å². The molecule has 146 valence electrons. The van der Waals surface area contributed by atoms with Gasteiger partial charge in [0, 0.05) is 20.1 Å². The van der Waals surface area contributed by atoms with Gasteiger partial charge in [0.2, 0.25) is 5.91 Å². The molecule has 2 aliphatic heterocycles. The predicted molar refractivity (Wildman–Crippen MR) is 95.7 cm³/mol. The van der Waals surface area contributed by atoms with Crippen molar-refractivity contribution >= 4 is 17.5 Å². The first-order valence-corrected chi connectivity index (χ1v) is 8.74. The molecule has 2 atom stereocenters. The number of fused-ring (bicyclic) bond motifs is 2. The zero-order chi connectivity index (χ0) is 20.1. The zero-order valence-electron chi connectivity index (χ0n) is 14.9. The number of amides is 2. The van der Waals surface area contributed by atoms with E-state index in [-0.39, 0.29) is 23.5 Å². The van der Waals surface area contributed by atoms with E-state index in [1.807, 2.05) is 0 Å². The van der Waals surface area contributed by atoms with Crippen molar-refractivity contribution < 1.29 is 27.5 Å². The molecule has 2 aromatic rings. The van der Waals surface area contributed by atoms with Crippen LogP contribution in [-0.2, 0) is 15.7 Å². The van der Waals surface area contributed by atoms with Gasteiger partial charge in [-0.15, -0.1) is 0 Å². The minimum atomic E-state index is -4.45. The smallest absolute Gasteiger partial charge is 0.380 e. The van der Waals surface area contributed by atoms with E-state index in [1.165, 1.54) is 24.1 Å². The number of nitrogens with zero attached hydrogens (tertiary/aromatic N) is 1. The molecule has 2 aromatic carbocycles. The van der Waals surface area contributed by atoms with E-state index in [0.717, 1.165) is 12.1 Å². The van der Waals surface area contributed by atoms with Gasteiger partial charge in [-0.05, 0) is 35.4 Å². The number of methoxy groups -OCH3 is 1. The third kappa shape index (κ3) is 3.13. The maximum Gasteiger partial charge on any atom is 0.416 e. The second-order valence-corrected chi connectivity index (χ2v) is 6.89. The number of halogens is 3. The topological polar surface area (TPSA) is 58.6 Å². The Labute approximate surface area is 159 Å². The number of nitrogens with one attached hydrogen (secondary N) is 1. The summed E-state index contributed by atoms with van der Waals surface area (Å²) in [5, 5.41) is 2.75. The predicted octanol–water partition coefficient (Wildman–Crippen LogP) is 3.55. The Balaban J connectivity index is 1.74. The Bertz CT molecular complexity index is 958. The lowest BCUT2D eigenvalue weighted by molar-refractivity contribution is -0.137. The van der Waals surface area contributed by atoms with Gasteiger partial charge >= 0.3 is 6.18 Å². The Morgan fingerprint density at radius 3 is 2.57 bits per heavy atom. The first-order valence-electron chi connectivity index (χ1n) is 8.74. The molecule has 1 N–H and O–H groups in total. The summed E-state index contributed by atoms with van der Waals surface area (Å²) in [6.45, 7) is 0.292. The Hall–Kier alpha value is -2.87. The van der Waals surface area contributed by atoms with Gasteiger partial charge in [0.05, 0.1) is 22.9 Å². The van der Waals surface area contributed by atoms with Crippen LogP contribution in [0.2, 0.25) is 0 Å². The molecule has 0 bridgehead atoms. The van der Waals surface area contributed by atoms with Crippen LogP contribution in [0.25, 0.3) is 11.1 Å². The van der Waals surface area contributed by atoms with Gasteiger partial charge in [0.1, 0.15) is 6.04 Å². The highest BCUT2D eigenvalue weighted by molar-refractivity contribution is 6.10. The van der Waals surface area contributed by atoms with Gasteiger partial charge in [0.25, 0.3) is 5.91 Å². The van der Waals surface area contributed by atoms with Gasteiger partial charge in [0.15, 0.2) is 0 Å². The lowest BCUT2D eigenvalue weighted by atomic mass is 9.99. The zero-order valence-corrected chi connectivity index (χ0v) is 14.9. The van der Waals surface area contributed by atoms with Crippen LogP contribution in [-0.4, -0.2) is 42.5 Å². The van der Waals surface area contributed by atoms with Crippen molar-refractivity contribution in [2.24, 2.45) is 0 Å². The van der Waals surface area contributed by atoms with Crippen molar-refractivity contribution in [1.29, 1.82) is 0 Å². The fraction of sp³-hybridized carbons (Fsp3) is 0.300. The molecule has 2 amide bonds. The fourth-order valence-electron chi connectivity index (χ4n) is 3.70. The van der Waals surface area contributed by atoms with Crippen molar-refractivity contribution in [3.05, 3.63) is 53.6 Å². The normalized spacial score (nSPS) is 21.8. The summed E-state index contributed by atoms with van der Waals surface area (Å²) in [5.41, 5.74) is 0.654. The number of hydrogen-bond acceptors (Lipinski definition) is 3. The third-order valence-corrected chi connectivity index (χ3v) is 5.19. The van der Waals surface area contributed by atoms with Gasteiger partial charge in [-0.25, -0.2) is 0 Å². The van der Waals surface area contributed by atoms with Crippen LogP contribution < -0.4 is 5.32 Å². The molecule has 2 aliphatic rings. The van der Waals surface area contributed by atoms with E-state index in [9.17, 15) is 22.8 Å². The van der Waals surface area contributed by atoms with Crippen LogP contribution in [0.3, 0.4) is 0 Å². The van der Waals surface area contributed by atoms with Crippen molar-refractivity contribution in [1.82, 2.24) is 4.90 Å². The monoisotopic (exact) mass is 390 g/mol. The van der Waals surface area contributed by atoms with Crippen LogP contribution in [0.4, 0.5) is 18.9 Å². The molecule has 0 radical (unpaired) electrons. The van der Waals surface area contributed by atoms with E-state index in [2.05, 4.69) is 5.32 Å². The number of alkyl halides is 3. The minimum absolute atomic E-state index is 0.229. The Kier molecular flexibility index (Phi) is 4.38. The molecule has 0 unspecified atom stereocenters. The second-order valence-electron chi connectivity index (χ2n) is 6.89. The number of anilines is 1. The average molecular weight is 390 g/mol. The fourth-order valence-corrected chi connectivity index (χ4v) is 3.70. The number of hydrogen-bond donors (Lipinski definition) is 1. The molecular formula is C20H17F3N2O3. The van der Waals surface area contributed by atoms with Crippen LogP contribution in [0.1, 0.15) is 22.3 Å². The molecule has 0 aromatic heterocycles. The van der Waals surface area contributed by atoms with Gasteiger partial charge in [-0.2, -0.15) is 13.2 Å². The molecule has 0 spiro atoms. The summed E-state index contributed by atoms with van der Waals surface area (Å²) in [4.78, 5) is 27.0. The van der Waals surface area contributed by atoms with Gasteiger partial charge < -0.3 is 15.0 Å². The first-order chi connectivity index (χ1) is 13.3. The molecule has 1 fully saturated rings. The maximum absolute atomic E-state index is 13.0. The van der Waals surface area contributed by atoms with Crippen LogP contribution in [0.15, 0.2) is 42.5 Å². The van der Waals surface area contributed by atoms with E-state index in [0.29, 0.717) is 29.8 Å². The lowest BCUT2D eigenvalue weighted by Gasteiger charge is -2.20. The van der Waals surface area contributed by atoms with Crippen molar-refractivity contribution in [3.8, 4) is 11.1 Å². The molecule has 5 nitrogen and oxygen atoms in total. The highest BCUT2D eigenvalue weighted by Crippen LogP contribution is 2.35. The standard InChI is InChI=1S/C20H17F3N2O3/c1-28-14-9-17-18(26)24-16-6-5-12(8-15(16)19(27)25(17)10-14)11-3-2-4-13(7-11)20(21,22)23/h2-8,14,17H,9-10H2,1H3,(H,24,26)/t14-,17+/m0/s1. The largest absolute Gasteiger partial charge is 0.416 e. The lowest BCUT2D eigenvalue weighted by Crippen LogP contribution is -2.40. The SMILES string of the molecule is CO[C@H]1C[C@@H]2C(=O)Nc3ccc(-c4cccc(C(F)(F)F)c4)cc3C(=O)N2C1. The molecule has 28 heavy (non-hydrogen) atoms. The first kappa shape index (κ1) is 18.5. The number of ether oxygens (including phenoxy) is 1. The summed E-state index contributed by atoms with van der Waals surface area (Å²) in [6, 6.07) is 8.97. The van der Waals surface area contributed by atoms with E-state index in [4.69, 9.17) is 4.74 Å². The Morgan fingerprint density at radius 2 is 1.86 bits per heavy atom. The molecule has 2 heterocycles. The Morgan fingerprint density at radius 1 is 1.11 bits per heavy atom. The molecule has 8 heteroatoms. The number of rotatable bonds is 2. The van der Waals surface area contributed by atoms with Crippen molar-refractivity contribution in [2.75, 3.05) is 19.0 Å². The average Bonchev–Trinajstić information content (AvgIpc) is 3.08. The summed E-state index contributed by atoms with van der Waals surface area (Å²) in [7, 11) is 1.53. The number of carbonyl (C=O) groups is 2. The van der Waals surface area contributed by atoms with Crippen molar-refractivity contribution in [3.63, 3.8) is 0 Å². The van der Waals surface area contributed by atoms with E-state index < -0.39 is 17.8 Å².